The molecular weight excluding hydrogens is 943 g/mol. The van der Waals surface area contributed by atoms with Crippen LogP contribution in [0.15, 0.2) is 16.9 Å². The third-order valence-corrected chi connectivity index (χ3v) is 19.9. The molecule has 72 heavy (non-hydrogen) atoms. The Balaban J connectivity index is 0.860. The van der Waals surface area contributed by atoms with Gasteiger partial charge in [0.05, 0.1) is 49.5 Å². The quantitative estimate of drug-likeness (QED) is 0.0348. The van der Waals surface area contributed by atoms with Gasteiger partial charge in [-0.3, -0.25) is 14.4 Å². The third-order valence-electron chi connectivity index (χ3n) is 19.9. The zero-order chi connectivity index (χ0) is 52.5. The Morgan fingerprint density at radius 1 is 0.708 bits per heavy atom. The number of esters is 3. The predicted octanol–water partition coefficient (Wildman–Crippen LogP) is 2.44. The van der Waals surface area contributed by atoms with E-state index in [1.54, 1.807) is 0 Å². The molecule has 21 nitrogen and oxygen atoms in total. The van der Waals surface area contributed by atoms with Crippen molar-refractivity contribution < 1.29 is 88.7 Å². The Bertz CT molecular complexity index is 2060. The highest BCUT2D eigenvalue weighted by atomic mass is 16.8. The van der Waals surface area contributed by atoms with Crippen LogP contribution in [0.2, 0.25) is 0 Å². The Hall–Kier alpha value is -3.25. The number of ether oxygens (including phenoxy) is 5. The topological polar surface area (TPSA) is 310 Å². The molecule has 0 spiro atoms. The first kappa shape index (κ1) is 55.0. The van der Waals surface area contributed by atoms with Crippen molar-refractivity contribution in [3.63, 3.8) is 0 Å². The van der Waals surface area contributed by atoms with Crippen LogP contribution in [-0.4, -0.2) is 169 Å². The van der Waals surface area contributed by atoms with Gasteiger partial charge in [-0.1, -0.05) is 60.1 Å². The summed E-state index contributed by atoms with van der Waals surface area (Å²) < 4.78 is 28.8. The summed E-state index contributed by atoms with van der Waals surface area (Å²) in [5, 5.41) is 98.2. The molecule has 5 aliphatic carbocycles. The minimum atomic E-state index is -1.73. The molecule has 0 aromatic heterocycles. The van der Waals surface area contributed by atoms with Gasteiger partial charge in [-0.25, -0.2) is 0 Å². The van der Waals surface area contributed by atoms with Gasteiger partial charge >= 0.3 is 17.9 Å². The fraction of sp³-hybridized carbons (Fsp3) is 0.902. The second kappa shape index (κ2) is 20.4. The van der Waals surface area contributed by atoms with Gasteiger partial charge in [0.15, 0.2) is 0 Å². The molecule has 0 bridgehead atoms. The molecule has 0 radical (unpaired) electrons. The maximum atomic E-state index is 14.6. The standard InChI is InChI=1S/C51H81N3O18/c1-46(2)18-20-51(45(65)71-43-41(63)39(61)37(59)30(25-55)68-43)21-19-49(6)28(29(51)24-46)8-9-33-48(5)16-13-34(47(3,4)32(48)12-17-50(33,49)7)70-36(58)11-10-35(57)67-27-14-22-53(23-15-27)54(66)52-72-44-42(64)40(62)38(60)31(26-56)69-44/h8,27,29-34,37-44,55-56,59-64H,9-26H2,1-7H3/b54-52-/t29-,30+,31+,32-,33+,34-,37-,38+,39-,40-,41+,42+,43-,44-,48-,49+,50+,51-/m0/s1. The number of rotatable bonds is 12. The number of hydrogen-bond donors (Lipinski definition) is 8. The minimum absolute atomic E-state index is 0.0413. The predicted molar refractivity (Wildman–Crippen MR) is 250 cm³/mol. The van der Waals surface area contributed by atoms with E-state index in [2.05, 4.69) is 59.8 Å². The highest BCUT2D eigenvalue weighted by Gasteiger charge is 2.70. The van der Waals surface area contributed by atoms with Gasteiger partial charge in [0.1, 0.15) is 61.0 Å². The van der Waals surface area contributed by atoms with Crippen LogP contribution in [0.25, 0.3) is 0 Å². The highest BCUT2D eigenvalue weighted by molar-refractivity contribution is 5.79. The van der Waals surface area contributed by atoms with Crippen LogP contribution < -0.4 is 0 Å². The fourth-order valence-corrected chi connectivity index (χ4v) is 15.3. The molecule has 3 saturated heterocycles. The zero-order valence-corrected chi connectivity index (χ0v) is 43.0. The van der Waals surface area contributed by atoms with Crippen molar-refractivity contribution in [2.75, 3.05) is 26.3 Å². The summed E-state index contributed by atoms with van der Waals surface area (Å²) in [5.74, 6) is -1.05. The van der Waals surface area contributed by atoms with E-state index in [4.69, 9.17) is 28.5 Å². The summed E-state index contributed by atoms with van der Waals surface area (Å²) in [6.07, 6.45) is -5.82. The lowest BCUT2D eigenvalue weighted by Crippen LogP contribution is -2.65. The number of aliphatic hydroxyl groups is 8. The number of carbonyl (C=O) groups is 3. The lowest BCUT2D eigenvalue weighted by Gasteiger charge is -2.71. The van der Waals surface area contributed by atoms with E-state index >= 15 is 0 Å². The molecule has 18 atom stereocenters. The van der Waals surface area contributed by atoms with Crippen molar-refractivity contribution in [2.45, 2.75) is 212 Å². The molecule has 4 saturated carbocycles. The first-order valence-corrected chi connectivity index (χ1v) is 26.3. The number of allylic oxidation sites excluding steroid dienone is 2. The summed E-state index contributed by atoms with van der Waals surface area (Å²) in [7, 11) is 0. The van der Waals surface area contributed by atoms with E-state index in [-0.39, 0.29) is 75.9 Å². The molecule has 3 aliphatic heterocycles. The van der Waals surface area contributed by atoms with E-state index in [1.165, 1.54) is 10.6 Å². The van der Waals surface area contributed by atoms with Crippen LogP contribution in [0.1, 0.15) is 138 Å². The smallest absolute Gasteiger partial charge is 0.315 e. The average molecular weight is 1020 g/mol. The van der Waals surface area contributed by atoms with Crippen molar-refractivity contribution in [1.29, 1.82) is 0 Å². The van der Waals surface area contributed by atoms with Crippen molar-refractivity contribution in [1.82, 2.24) is 5.01 Å². The molecule has 7 fully saturated rings. The number of carbonyl (C=O) groups excluding carboxylic acids is 3. The molecule has 0 amide bonds. The number of piperidine rings is 1. The molecule has 3 heterocycles. The average Bonchev–Trinajstić information content (AvgIpc) is 3.33. The van der Waals surface area contributed by atoms with E-state index in [9.17, 15) is 60.4 Å². The molecule has 8 rings (SSSR count). The molecule has 21 heteroatoms. The summed E-state index contributed by atoms with van der Waals surface area (Å²) in [6.45, 7) is 15.2. The molecule has 408 valence electrons. The zero-order valence-electron chi connectivity index (χ0n) is 43.0. The lowest BCUT2D eigenvalue weighted by atomic mass is 9.33. The maximum absolute atomic E-state index is 14.6. The molecule has 0 unspecified atom stereocenters. The Labute approximate surface area is 421 Å². The number of fused-ring (bicyclic) bond motifs is 7. The molecule has 8 aliphatic rings. The van der Waals surface area contributed by atoms with Crippen LogP contribution >= 0.6 is 0 Å². The van der Waals surface area contributed by atoms with E-state index in [1.807, 2.05) is 0 Å². The number of aliphatic hydroxyl groups excluding tert-OH is 8. The first-order valence-electron chi connectivity index (χ1n) is 26.3. The summed E-state index contributed by atoms with van der Waals surface area (Å²) in [4.78, 5) is 46.2. The first-order chi connectivity index (χ1) is 33.8. The second-order valence-electron chi connectivity index (χ2n) is 24.6. The van der Waals surface area contributed by atoms with E-state index in [0.29, 0.717) is 38.0 Å². The van der Waals surface area contributed by atoms with Crippen LogP contribution in [0, 0.1) is 55.5 Å². The maximum Gasteiger partial charge on any atom is 0.315 e. The number of hydrogen-bond acceptors (Lipinski definition) is 19. The van der Waals surface area contributed by atoms with Gasteiger partial charge in [0.25, 0.3) is 6.29 Å². The Morgan fingerprint density at radius 3 is 1.92 bits per heavy atom. The summed E-state index contributed by atoms with van der Waals surface area (Å²) in [6, 6.07) is 0. The van der Waals surface area contributed by atoms with Crippen LogP contribution in [0.5, 0.6) is 0 Å². The van der Waals surface area contributed by atoms with Crippen LogP contribution in [-0.2, 0) is 42.9 Å². The van der Waals surface area contributed by atoms with Gasteiger partial charge in [-0.2, -0.15) is 0 Å². The SMILES string of the molecule is CC1(C)CC[C@]2(C(=O)O[C@@H]3O[C@H](CO)[C@H](O)[C@H](O)[C@H]3O)CC[C@]3(C)C(=CC[C@@H]4[C@@]5(C)CC[C@H](OC(=O)CCC(=O)OC6CCN(/[N+]([O-])=N/O[C@@H]7O[C@H](CO)[C@@H](O)[C@H](O)[C@H]7O)CC6)C(C)(C)[C@@H]5CC[C@]43C)[C@@H]2C1. The largest absolute Gasteiger partial charge is 0.569 e. The monoisotopic (exact) mass is 1020 g/mol. The second-order valence-corrected chi connectivity index (χ2v) is 24.6. The van der Waals surface area contributed by atoms with Gasteiger partial charge in [-0.05, 0) is 104 Å². The molecular formula is C51H81N3O18. The van der Waals surface area contributed by atoms with Crippen LogP contribution in [0.3, 0.4) is 0 Å². The highest BCUT2D eigenvalue weighted by Crippen LogP contribution is 2.76. The van der Waals surface area contributed by atoms with Crippen molar-refractivity contribution in [2.24, 2.45) is 55.5 Å². The fourth-order valence-electron chi connectivity index (χ4n) is 15.3. The Kier molecular flexibility index (Phi) is 15.6. The number of nitrogens with zero attached hydrogens (tertiary/aromatic N) is 3. The van der Waals surface area contributed by atoms with Crippen molar-refractivity contribution >= 4 is 17.9 Å². The normalized spacial score (nSPS) is 45.0. The lowest BCUT2D eigenvalue weighted by molar-refractivity contribution is -0.716. The van der Waals surface area contributed by atoms with E-state index < -0.39 is 104 Å². The van der Waals surface area contributed by atoms with Gasteiger partial charge in [0.2, 0.25) is 11.6 Å². The minimum Gasteiger partial charge on any atom is -0.569 e. The molecule has 0 aromatic carbocycles. The number of hydrazine groups is 1. The van der Waals surface area contributed by atoms with Gasteiger partial charge in [0, 0.05) is 18.3 Å². The van der Waals surface area contributed by atoms with Gasteiger partial charge in [-0.15, -0.1) is 5.01 Å². The van der Waals surface area contributed by atoms with Gasteiger partial charge < -0.3 is 74.6 Å². The molecule has 8 N–H and O–H groups in total. The van der Waals surface area contributed by atoms with Crippen molar-refractivity contribution in [3.05, 3.63) is 16.9 Å². The summed E-state index contributed by atoms with van der Waals surface area (Å²) >= 11 is 0. The molecule has 0 aromatic rings. The third kappa shape index (κ3) is 9.56. The van der Waals surface area contributed by atoms with Crippen LogP contribution in [0.4, 0.5) is 0 Å². The summed E-state index contributed by atoms with van der Waals surface area (Å²) in [5.41, 5.74) is -0.390. The van der Waals surface area contributed by atoms with E-state index in [0.717, 1.165) is 44.9 Å². The Morgan fingerprint density at radius 2 is 1.29 bits per heavy atom. The van der Waals surface area contributed by atoms with Crippen molar-refractivity contribution in [3.8, 4) is 0 Å².